The Morgan fingerprint density at radius 1 is 1.27 bits per heavy atom. The number of rotatable bonds is 9. The Bertz CT molecular complexity index is 522. The lowest BCUT2D eigenvalue weighted by atomic mass is 9.94. The average Bonchev–Trinajstić information content (AvgIpc) is 3.01. The third-order valence-corrected chi connectivity index (χ3v) is 4.12. The molecular formula is C19H38IN5O. The van der Waals surface area contributed by atoms with Crippen LogP contribution in [0.5, 0.6) is 0 Å². The summed E-state index contributed by atoms with van der Waals surface area (Å²) in [7, 11) is 2.17. The molecule has 0 fully saturated rings. The van der Waals surface area contributed by atoms with Crippen LogP contribution in [0.4, 0.5) is 0 Å². The Balaban J connectivity index is 0.00000625. The largest absolute Gasteiger partial charge is 0.443 e. The maximum absolute atomic E-state index is 5.79. The van der Waals surface area contributed by atoms with Crippen LogP contribution in [0.1, 0.15) is 66.0 Å². The molecule has 1 aromatic heterocycles. The molecule has 1 aromatic rings. The molecule has 26 heavy (non-hydrogen) atoms. The van der Waals surface area contributed by atoms with E-state index in [1.807, 2.05) is 0 Å². The first-order valence-electron chi connectivity index (χ1n) is 9.41. The van der Waals surface area contributed by atoms with Gasteiger partial charge < -0.3 is 20.0 Å². The van der Waals surface area contributed by atoms with Crippen molar-refractivity contribution in [1.29, 1.82) is 0 Å². The van der Waals surface area contributed by atoms with Crippen LogP contribution in [0.3, 0.4) is 0 Å². The maximum Gasteiger partial charge on any atom is 0.216 e. The molecule has 0 atom stereocenters. The van der Waals surface area contributed by atoms with E-state index in [2.05, 4.69) is 74.1 Å². The van der Waals surface area contributed by atoms with Crippen LogP contribution in [0.2, 0.25) is 0 Å². The fourth-order valence-corrected chi connectivity index (χ4v) is 2.17. The minimum atomic E-state index is -0.0269. The van der Waals surface area contributed by atoms with Crippen molar-refractivity contribution in [3.63, 3.8) is 0 Å². The Kier molecular flexibility index (Phi) is 12.1. The van der Waals surface area contributed by atoms with Gasteiger partial charge in [-0.1, -0.05) is 20.8 Å². The highest BCUT2D eigenvalue weighted by atomic mass is 127. The molecule has 0 bridgehead atoms. The van der Waals surface area contributed by atoms with E-state index < -0.39 is 0 Å². The van der Waals surface area contributed by atoms with Crippen molar-refractivity contribution in [2.75, 3.05) is 26.7 Å². The van der Waals surface area contributed by atoms with Gasteiger partial charge in [0, 0.05) is 24.5 Å². The normalized spacial score (nSPS) is 12.4. The van der Waals surface area contributed by atoms with Gasteiger partial charge in [0.1, 0.15) is 12.3 Å². The summed E-state index contributed by atoms with van der Waals surface area (Å²) in [4.78, 5) is 11.3. The van der Waals surface area contributed by atoms with Crippen molar-refractivity contribution in [1.82, 2.24) is 20.5 Å². The number of hydrogen-bond acceptors (Lipinski definition) is 4. The van der Waals surface area contributed by atoms with E-state index in [0.717, 1.165) is 37.8 Å². The number of hydrogen-bond donors (Lipinski definition) is 2. The molecule has 1 rings (SSSR count). The summed E-state index contributed by atoms with van der Waals surface area (Å²) in [5.41, 5.74) is -0.0269. The Morgan fingerprint density at radius 2 is 1.96 bits per heavy atom. The lowest BCUT2D eigenvalue weighted by Gasteiger charge is -2.20. The SMILES string of the molecule is CCNC(=NCc1ncc(C(C)(C)C)o1)NCCCCN(C)C(C)C.I. The van der Waals surface area contributed by atoms with E-state index in [1.165, 1.54) is 6.42 Å². The topological polar surface area (TPSA) is 65.7 Å². The smallest absolute Gasteiger partial charge is 0.216 e. The van der Waals surface area contributed by atoms with Gasteiger partial charge >= 0.3 is 0 Å². The standard InChI is InChI=1S/C19H37N5O.HI/c1-8-20-18(21-11-9-10-12-24(7)15(2)3)23-14-17-22-13-16(25-17)19(4,5)6;/h13,15H,8-12,14H2,1-7H3,(H2,20,21,23);1H. The molecule has 0 aliphatic carbocycles. The zero-order chi connectivity index (χ0) is 18.9. The first-order valence-corrected chi connectivity index (χ1v) is 9.41. The number of oxazole rings is 1. The van der Waals surface area contributed by atoms with Gasteiger partial charge in [-0.3, -0.25) is 0 Å². The summed E-state index contributed by atoms with van der Waals surface area (Å²) < 4.78 is 5.79. The monoisotopic (exact) mass is 479 g/mol. The molecule has 0 aromatic carbocycles. The number of guanidine groups is 1. The number of unbranched alkanes of at least 4 members (excludes halogenated alkanes) is 1. The molecule has 0 unspecified atom stereocenters. The van der Waals surface area contributed by atoms with Gasteiger partial charge in [0.05, 0.1) is 6.20 Å². The quantitative estimate of drug-likeness (QED) is 0.244. The number of aliphatic imine (C=N–C) groups is 1. The first kappa shape index (κ1) is 25.2. The second-order valence-corrected chi connectivity index (χ2v) is 7.77. The van der Waals surface area contributed by atoms with Crippen LogP contribution in [0, 0.1) is 0 Å². The van der Waals surface area contributed by atoms with Gasteiger partial charge in [-0.2, -0.15) is 0 Å². The second kappa shape index (κ2) is 12.5. The molecule has 0 amide bonds. The molecule has 0 saturated heterocycles. The zero-order valence-electron chi connectivity index (χ0n) is 17.6. The Morgan fingerprint density at radius 3 is 2.50 bits per heavy atom. The summed E-state index contributed by atoms with van der Waals surface area (Å²) in [6.45, 7) is 16.2. The van der Waals surface area contributed by atoms with Crippen LogP contribution >= 0.6 is 24.0 Å². The predicted molar refractivity (Wildman–Crippen MR) is 120 cm³/mol. The second-order valence-electron chi connectivity index (χ2n) is 7.77. The lowest BCUT2D eigenvalue weighted by Crippen LogP contribution is -2.38. The van der Waals surface area contributed by atoms with Crippen LogP contribution in [-0.2, 0) is 12.0 Å². The molecular weight excluding hydrogens is 441 g/mol. The molecule has 0 spiro atoms. The van der Waals surface area contributed by atoms with E-state index in [4.69, 9.17) is 4.42 Å². The summed E-state index contributed by atoms with van der Waals surface area (Å²) in [5, 5.41) is 6.65. The molecule has 0 radical (unpaired) electrons. The first-order chi connectivity index (χ1) is 11.7. The van der Waals surface area contributed by atoms with Gasteiger partial charge in [0.15, 0.2) is 5.96 Å². The minimum Gasteiger partial charge on any atom is -0.443 e. The molecule has 6 nitrogen and oxygen atoms in total. The van der Waals surface area contributed by atoms with Gasteiger partial charge in [0.2, 0.25) is 5.89 Å². The highest BCUT2D eigenvalue weighted by Crippen LogP contribution is 2.22. The third kappa shape index (κ3) is 9.75. The predicted octanol–water partition coefficient (Wildman–Crippen LogP) is 3.77. The number of halogens is 1. The highest BCUT2D eigenvalue weighted by Gasteiger charge is 2.18. The van der Waals surface area contributed by atoms with Crippen LogP contribution in [0.15, 0.2) is 15.6 Å². The molecule has 152 valence electrons. The lowest BCUT2D eigenvalue weighted by molar-refractivity contribution is 0.268. The van der Waals surface area contributed by atoms with Gasteiger partial charge in [-0.25, -0.2) is 9.98 Å². The molecule has 0 aliphatic heterocycles. The van der Waals surface area contributed by atoms with Gasteiger partial charge in [-0.15, -0.1) is 24.0 Å². The maximum atomic E-state index is 5.79. The van der Waals surface area contributed by atoms with Crippen LogP contribution < -0.4 is 10.6 Å². The molecule has 0 aliphatic rings. The highest BCUT2D eigenvalue weighted by molar-refractivity contribution is 14.0. The van der Waals surface area contributed by atoms with Crippen molar-refractivity contribution in [2.45, 2.75) is 72.4 Å². The number of aromatic nitrogens is 1. The van der Waals surface area contributed by atoms with Crippen molar-refractivity contribution in [3.05, 3.63) is 17.8 Å². The molecule has 7 heteroatoms. The van der Waals surface area contributed by atoms with Gasteiger partial charge in [-0.05, 0) is 47.2 Å². The summed E-state index contributed by atoms with van der Waals surface area (Å²) in [6, 6.07) is 0.602. The van der Waals surface area contributed by atoms with Crippen molar-refractivity contribution >= 4 is 29.9 Å². The summed E-state index contributed by atoms with van der Waals surface area (Å²) in [6.07, 6.45) is 4.10. The van der Waals surface area contributed by atoms with Crippen molar-refractivity contribution in [3.8, 4) is 0 Å². The van der Waals surface area contributed by atoms with E-state index in [-0.39, 0.29) is 29.4 Å². The Labute approximate surface area is 176 Å². The molecule has 1 heterocycles. The average molecular weight is 479 g/mol. The molecule has 2 N–H and O–H groups in total. The van der Waals surface area contributed by atoms with Crippen LogP contribution in [0.25, 0.3) is 0 Å². The summed E-state index contributed by atoms with van der Waals surface area (Å²) in [5.74, 6) is 2.36. The summed E-state index contributed by atoms with van der Waals surface area (Å²) >= 11 is 0. The third-order valence-electron chi connectivity index (χ3n) is 4.12. The minimum absolute atomic E-state index is 0. The number of nitrogens with zero attached hydrogens (tertiary/aromatic N) is 3. The molecule has 0 saturated carbocycles. The zero-order valence-corrected chi connectivity index (χ0v) is 19.9. The van der Waals surface area contributed by atoms with E-state index in [1.54, 1.807) is 6.20 Å². The Hall–Kier alpha value is -0.830. The number of nitrogens with one attached hydrogen (secondary N) is 2. The van der Waals surface area contributed by atoms with Crippen LogP contribution in [-0.4, -0.2) is 48.6 Å². The van der Waals surface area contributed by atoms with Crippen molar-refractivity contribution in [2.24, 2.45) is 4.99 Å². The van der Waals surface area contributed by atoms with E-state index in [0.29, 0.717) is 18.5 Å². The van der Waals surface area contributed by atoms with E-state index >= 15 is 0 Å². The van der Waals surface area contributed by atoms with Crippen molar-refractivity contribution < 1.29 is 4.42 Å². The fraction of sp³-hybridized carbons (Fsp3) is 0.789. The fourth-order valence-electron chi connectivity index (χ4n) is 2.17. The van der Waals surface area contributed by atoms with E-state index in [9.17, 15) is 0 Å². The van der Waals surface area contributed by atoms with Gasteiger partial charge in [0.25, 0.3) is 0 Å².